The lowest BCUT2D eigenvalue weighted by Crippen LogP contribution is -2.13. The van der Waals surface area contributed by atoms with Crippen LogP contribution in [-0.4, -0.2) is 28.6 Å². The van der Waals surface area contributed by atoms with E-state index in [0.29, 0.717) is 17.1 Å². The number of benzene rings is 1. The predicted octanol–water partition coefficient (Wildman–Crippen LogP) is 3.58. The summed E-state index contributed by atoms with van der Waals surface area (Å²) >= 11 is 3.34. The molecule has 0 amide bonds. The number of unbranched alkanes of at least 4 members (excludes halogenated alkanes) is 2. The lowest BCUT2D eigenvalue weighted by Gasteiger charge is -2.06. The van der Waals surface area contributed by atoms with Crippen LogP contribution >= 0.6 is 15.9 Å². The van der Waals surface area contributed by atoms with Crippen LogP contribution < -0.4 is 4.74 Å². The van der Waals surface area contributed by atoms with Gasteiger partial charge >= 0.3 is 0 Å². The van der Waals surface area contributed by atoms with Crippen molar-refractivity contribution in [2.75, 3.05) is 18.6 Å². The molecule has 3 nitrogen and oxygen atoms in total. The molecule has 0 saturated heterocycles. The number of ether oxygens (including phenoxy) is 1. The molecule has 0 saturated carbocycles. The first-order chi connectivity index (χ1) is 9.08. The lowest BCUT2D eigenvalue weighted by atomic mass is 10.1. The molecule has 19 heavy (non-hydrogen) atoms. The number of halogens is 1. The molecular weight excluding hydrogens is 328 g/mol. The quantitative estimate of drug-likeness (QED) is 0.533. The Balaban J connectivity index is 2.58. The van der Waals surface area contributed by atoms with E-state index in [2.05, 4.69) is 22.9 Å². The minimum absolute atomic E-state index is 0.0850. The van der Waals surface area contributed by atoms with Crippen molar-refractivity contribution < 1.29 is 13.7 Å². The Morgan fingerprint density at radius 2 is 2.11 bits per heavy atom. The molecule has 0 aliphatic carbocycles. The van der Waals surface area contributed by atoms with Crippen LogP contribution in [0, 0.1) is 0 Å². The third-order valence-corrected chi connectivity index (χ3v) is 4.69. The van der Waals surface area contributed by atoms with Gasteiger partial charge in [-0.25, -0.2) is 0 Å². The van der Waals surface area contributed by atoms with Crippen molar-refractivity contribution >= 4 is 32.5 Å². The van der Waals surface area contributed by atoms with Crippen molar-refractivity contribution in [1.29, 1.82) is 0 Å². The third kappa shape index (κ3) is 5.45. The van der Waals surface area contributed by atoms with E-state index in [-0.39, 0.29) is 11.5 Å². The summed E-state index contributed by atoms with van der Waals surface area (Å²) in [7, 11) is 0.512. The van der Waals surface area contributed by atoms with Crippen LogP contribution in [0.2, 0.25) is 0 Å². The highest BCUT2D eigenvalue weighted by Gasteiger charge is 2.12. The maximum atomic E-state index is 12.0. The Morgan fingerprint density at radius 3 is 2.68 bits per heavy atom. The van der Waals surface area contributed by atoms with E-state index >= 15 is 0 Å². The molecule has 1 rings (SSSR count). The van der Waals surface area contributed by atoms with Gasteiger partial charge < -0.3 is 4.74 Å². The molecule has 0 radical (unpaired) electrons. The standard InChI is InChI=1S/C14H19BrO3S/c1-3-4-5-8-19(17)10-13(16)11-6-7-14(18-2)12(15)9-11/h6-7,9H,3-5,8,10H2,1-2H3. The van der Waals surface area contributed by atoms with Crippen molar-refractivity contribution in [3.8, 4) is 5.75 Å². The van der Waals surface area contributed by atoms with Gasteiger partial charge in [-0.05, 0) is 40.5 Å². The fourth-order valence-electron chi connectivity index (χ4n) is 1.65. The summed E-state index contributed by atoms with van der Waals surface area (Å²) in [6, 6.07) is 5.15. The van der Waals surface area contributed by atoms with E-state index in [1.165, 1.54) is 0 Å². The molecule has 1 atom stereocenters. The maximum Gasteiger partial charge on any atom is 0.175 e. The van der Waals surface area contributed by atoms with E-state index in [1.54, 1.807) is 25.3 Å². The summed E-state index contributed by atoms with van der Waals surface area (Å²) in [6.07, 6.45) is 3.08. The first kappa shape index (κ1) is 16.4. The van der Waals surface area contributed by atoms with E-state index in [4.69, 9.17) is 4.74 Å². The minimum Gasteiger partial charge on any atom is -0.496 e. The summed E-state index contributed by atoms with van der Waals surface area (Å²) in [5, 5.41) is 0. The van der Waals surface area contributed by atoms with Crippen LogP contribution in [0.25, 0.3) is 0 Å². The zero-order chi connectivity index (χ0) is 14.3. The maximum absolute atomic E-state index is 12.0. The van der Waals surface area contributed by atoms with Crippen LogP contribution in [0.4, 0.5) is 0 Å². The van der Waals surface area contributed by atoms with E-state index in [1.807, 2.05) is 0 Å². The second-order valence-electron chi connectivity index (χ2n) is 4.27. The molecule has 0 aliphatic heterocycles. The average molecular weight is 347 g/mol. The Kier molecular flexibility index (Phi) is 7.31. The van der Waals surface area contributed by atoms with Crippen molar-refractivity contribution in [3.05, 3.63) is 28.2 Å². The van der Waals surface area contributed by atoms with Crippen LogP contribution in [0.3, 0.4) is 0 Å². The Morgan fingerprint density at radius 1 is 1.37 bits per heavy atom. The number of rotatable bonds is 8. The number of hydrogen-bond acceptors (Lipinski definition) is 3. The molecule has 0 fully saturated rings. The highest BCUT2D eigenvalue weighted by atomic mass is 79.9. The average Bonchev–Trinajstić information content (AvgIpc) is 2.38. The molecule has 0 N–H and O–H groups in total. The fraction of sp³-hybridized carbons (Fsp3) is 0.500. The Labute approximate surface area is 125 Å². The van der Waals surface area contributed by atoms with Crippen LogP contribution in [0.1, 0.15) is 36.5 Å². The van der Waals surface area contributed by atoms with Gasteiger partial charge in [-0.15, -0.1) is 0 Å². The molecule has 5 heteroatoms. The van der Waals surface area contributed by atoms with Crippen molar-refractivity contribution in [1.82, 2.24) is 0 Å². The molecule has 0 heterocycles. The number of methoxy groups -OCH3 is 1. The summed E-state index contributed by atoms with van der Waals surface area (Å²) in [4.78, 5) is 12.0. The van der Waals surface area contributed by atoms with E-state index < -0.39 is 10.8 Å². The van der Waals surface area contributed by atoms with Crippen LogP contribution in [0.5, 0.6) is 5.75 Å². The number of ketones is 1. The summed E-state index contributed by atoms with van der Waals surface area (Å²) in [6.45, 7) is 2.10. The van der Waals surface area contributed by atoms with E-state index in [9.17, 15) is 9.00 Å². The van der Waals surface area contributed by atoms with Gasteiger partial charge in [-0.1, -0.05) is 19.8 Å². The van der Waals surface area contributed by atoms with Gasteiger partial charge in [0.05, 0.1) is 17.3 Å². The summed E-state index contributed by atoms with van der Waals surface area (Å²) in [5.41, 5.74) is 0.566. The molecule has 0 spiro atoms. The first-order valence-corrected chi connectivity index (χ1v) is 8.58. The SMILES string of the molecule is CCCCCS(=O)CC(=O)c1ccc(OC)c(Br)c1. The molecular formula is C14H19BrO3S. The van der Waals surface area contributed by atoms with Gasteiger partial charge in [0.1, 0.15) is 5.75 Å². The van der Waals surface area contributed by atoms with Crippen LogP contribution in [0.15, 0.2) is 22.7 Å². The van der Waals surface area contributed by atoms with Crippen molar-refractivity contribution in [2.45, 2.75) is 26.2 Å². The van der Waals surface area contributed by atoms with Gasteiger partial charge in [0, 0.05) is 22.1 Å². The zero-order valence-electron chi connectivity index (χ0n) is 11.3. The number of Topliss-reactive ketones (excluding diaryl/α,β-unsaturated/α-hetero) is 1. The van der Waals surface area contributed by atoms with Gasteiger partial charge in [0.2, 0.25) is 0 Å². The zero-order valence-corrected chi connectivity index (χ0v) is 13.7. The Hall–Kier alpha value is -0.680. The second-order valence-corrected chi connectivity index (χ2v) is 6.70. The van der Waals surface area contributed by atoms with Gasteiger partial charge in [-0.3, -0.25) is 9.00 Å². The monoisotopic (exact) mass is 346 g/mol. The van der Waals surface area contributed by atoms with Gasteiger partial charge in [-0.2, -0.15) is 0 Å². The lowest BCUT2D eigenvalue weighted by molar-refractivity contribution is 0.102. The molecule has 0 bridgehead atoms. The number of carbonyl (C=O) groups is 1. The summed E-state index contributed by atoms with van der Waals surface area (Å²) in [5.74, 6) is 1.30. The topological polar surface area (TPSA) is 43.4 Å². The second kappa shape index (κ2) is 8.48. The fourth-order valence-corrected chi connectivity index (χ4v) is 3.32. The number of hydrogen-bond donors (Lipinski definition) is 0. The highest BCUT2D eigenvalue weighted by Crippen LogP contribution is 2.25. The largest absolute Gasteiger partial charge is 0.496 e. The normalized spacial score (nSPS) is 12.2. The molecule has 1 unspecified atom stereocenters. The predicted molar refractivity (Wildman–Crippen MR) is 82.4 cm³/mol. The first-order valence-electron chi connectivity index (χ1n) is 6.30. The third-order valence-electron chi connectivity index (χ3n) is 2.74. The number of carbonyl (C=O) groups excluding carboxylic acids is 1. The van der Waals surface area contributed by atoms with Gasteiger partial charge in [0.25, 0.3) is 0 Å². The Bertz CT molecular complexity index is 460. The smallest absolute Gasteiger partial charge is 0.175 e. The summed E-state index contributed by atoms with van der Waals surface area (Å²) < 4.78 is 17.6. The van der Waals surface area contributed by atoms with Crippen molar-refractivity contribution in [3.63, 3.8) is 0 Å². The highest BCUT2D eigenvalue weighted by molar-refractivity contribution is 9.10. The van der Waals surface area contributed by atoms with E-state index in [0.717, 1.165) is 23.7 Å². The molecule has 0 aromatic heterocycles. The minimum atomic E-state index is -1.06. The van der Waals surface area contributed by atoms with Crippen molar-refractivity contribution in [2.24, 2.45) is 0 Å². The van der Waals surface area contributed by atoms with Crippen LogP contribution in [-0.2, 0) is 10.8 Å². The molecule has 1 aromatic rings. The van der Waals surface area contributed by atoms with Gasteiger partial charge in [0.15, 0.2) is 5.78 Å². The molecule has 1 aromatic carbocycles. The molecule has 106 valence electrons. The molecule has 0 aliphatic rings.